The molecule has 1 unspecified atom stereocenters. The van der Waals surface area contributed by atoms with Gasteiger partial charge >= 0.3 is 0 Å². The first-order chi connectivity index (χ1) is 5.36. The zero-order valence-corrected chi connectivity index (χ0v) is 6.72. The van der Waals surface area contributed by atoms with Gasteiger partial charge in [0, 0.05) is 12.2 Å². The highest BCUT2D eigenvalue weighted by atomic mass is 14.9. The average Bonchev–Trinajstić information content (AvgIpc) is 2.04. The fourth-order valence-corrected chi connectivity index (χ4v) is 1.51. The maximum atomic E-state index is 3.38. The van der Waals surface area contributed by atoms with Gasteiger partial charge in [-0.2, -0.15) is 0 Å². The number of fused-ring (bicyclic) bond motifs is 1. The fraction of sp³-hybridized carbons (Fsp3) is 0.400. The van der Waals surface area contributed by atoms with E-state index in [2.05, 4.69) is 24.4 Å². The van der Waals surface area contributed by atoms with E-state index in [0.29, 0.717) is 0 Å². The summed E-state index contributed by atoms with van der Waals surface area (Å²) in [5, 5.41) is 3.38. The van der Waals surface area contributed by atoms with E-state index in [1.807, 2.05) is 12.1 Å². The predicted octanol–water partition coefficient (Wildman–Crippen LogP) is 2.09. The molecule has 0 aromatic heterocycles. The first-order valence-electron chi connectivity index (χ1n) is 4.09. The SMILES string of the molecule is CC1CNc2ccc[c]c2C1. The molecule has 1 heteroatoms. The summed E-state index contributed by atoms with van der Waals surface area (Å²) in [5.41, 5.74) is 2.61. The molecule has 0 fully saturated rings. The predicted molar refractivity (Wildman–Crippen MR) is 46.6 cm³/mol. The Hall–Kier alpha value is -0.980. The molecule has 1 aliphatic rings. The van der Waals surface area contributed by atoms with Crippen LogP contribution in [0.1, 0.15) is 12.5 Å². The molecule has 0 saturated carbocycles. The molecule has 1 heterocycles. The number of rotatable bonds is 0. The average molecular weight is 146 g/mol. The van der Waals surface area contributed by atoms with E-state index in [4.69, 9.17) is 0 Å². The maximum Gasteiger partial charge on any atom is 0.0379 e. The van der Waals surface area contributed by atoms with Crippen LogP contribution in [0.5, 0.6) is 0 Å². The molecular formula is C10H12N. The molecule has 1 aromatic carbocycles. The first kappa shape index (κ1) is 6.71. The van der Waals surface area contributed by atoms with Crippen molar-refractivity contribution >= 4 is 5.69 Å². The lowest BCUT2D eigenvalue weighted by Crippen LogP contribution is -2.20. The Balaban J connectivity index is 2.34. The third-order valence-electron chi connectivity index (χ3n) is 2.14. The lowest BCUT2D eigenvalue weighted by atomic mass is 9.96. The fourth-order valence-electron chi connectivity index (χ4n) is 1.51. The molecule has 1 aromatic rings. The quantitative estimate of drug-likeness (QED) is 0.591. The van der Waals surface area contributed by atoms with Crippen LogP contribution in [-0.4, -0.2) is 6.54 Å². The van der Waals surface area contributed by atoms with E-state index >= 15 is 0 Å². The largest absolute Gasteiger partial charge is 0.385 e. The van der Waals surface area contributed by atoms with E-state index in [1.54, 1.807) is 0 Å². The van der Waals surface area contributed by atoms with Crippen LogP contribution >= 0.6 is 0 Å². The Kier molecular flexibility index (Phi) is 1.57. The van der Waals surface area contributed by atoms with Crippen LogP contribution in [0.4, 0.5) is 5.69 Å². The van der Waals surface area contributed by atoms with Gasteiger partial charge in [-0.05, 0) is 30.0 Å². The second kappa shape index (κ2) is 2.57. The normalized spacial score (nSPS) is 22.1. The topological polar surface area (TPSA) is 12.0 Å². The van der Waals surface area contributed by atoms with Crippen LogP contribution in [0.15, 0.2) is 18.2 Å². The molecule has 11 heavy (non-hydrogen) atoms. The summed E-state index contributed by atoms with van der Waals surface area (Å²) >= 11 is 0. The highest BCUT2D eigenvalue weighted by Crippen LogP contribution is 2.22. The van der Waals surface area contributed by atoms with Gasteiger partial charge in [-0.3, -0.25) is 0 Å². The van der Waals surface area contributed by atoms with Crippen molar-refractivity contribution in [3.63, 3.8) is 0 Å². The maximum absolute atomic E-state index is 3.38. The lowest BCUT2D eigenvalue weighted by molar-refractivity contribution is 0.594. The second-order valence-corrected chi connectivity index (χ2v) is 3.25. The van der Waals surface area contributed by atoms with Crippen molar-refractivity contribution in [1.82, 2.24) is 0 Å². The van der Waals surface area contributed by atoms with Crippen molar-refractivity contribution < 1.29 is 0 Å². The van der Waals surface area contributed by atoms with E-state index in [9.17, 15) is 0 Å². The van der Waals surface area contributed by atoms with E-state index in [1.165, 1.54) is 17.7 Å². The Bertz CT molecular complexity index is 255. The highest BCUT2D eigenvalue weighted by molar-refractivity contribution is 5.52. The Morgan fingerprint density at radius 2 is 2.55 bits per heavy atom. The minimum atomic E-state index is 0.751. The Labute approximate surface area is 67.4 Å². The van der Waals surface area contributed by atoms with Crippen LogP contribution in [-0.2, 0) is 6.42 Å². The summed E-state index contributed by atoms with van der Waals surface area (Å²) in [6, 6.07) is 9.39. The van der Waals surface area contributed by atoms with Crippen molar-refractivity contribution in [2.75, 3.05) is 11.9 Å². The van der Waals surface area contributed by atoms with Gasteiger partial charge in [0.05, 0.1) is 0 Å². The lowest BCUT2D eigenvalue weighted by Gasteiger charge is -2.22. The molecule has 1 N–H and O–H groups in total. The number of hydrogen-bond acceptors (Lipinski definition) is 1. The van der Waals surface area contributed by atoms with E-state index in [-0.39, 0.29) is 0 Å². The minimum Gasteiger partial charge on any atom is -0.385 e. The Morgan fingerprint density at radius 1 is 1.64 bits per heavy atom. The van der Waals surface area contributed by atoms with Crippen LogP contribution in [0, 0.1) is 12.0 Å². The monoisotopic (exact) mass is 146 g/mol. The van der Waals surface area contributed by atoms with Gasteiger partial charge in [-0.25, -0.2) is 0 Å². The summed E-state index contributed by atoms with van der Waals surface area (Å²) in [6.45, 7) is 3.36. The van der Waals surface area contributed by atoms with Gasteiger partial charge in [-0.1, -0.05) is 19.1 Å². The summed E-state index contributed by atoms with van der Waals surface area (Å²) in [5.74, 6) is 0.751. The molecule has 1 aliphatic heterocycles. The summed E-state index contributed by atoms with van der Waals surface area (Å²) in [4.78, 5) is 0. The smallest absolute Gasteiger partial charge is 0.0379 e. The van der Waals surface area contributed by atoms with Crippen molar-refractivity contribution in [1.29, 1.82) is 0 Å². The Morgan fingerprint density at radius 3 is 3.45 bits per heavy atom. The first-order valence-corrected chi connectivity index (χ1v) is 4.09. The zero-order chi connectivity index (χ0) is 7.68. The molecule has 0 bridgehead atoms. The standard InChI is InChI=1S/C10H12N/c1-8-6-9-4-2-3-5-10(9)11-7-8/h2-3,5,8,11H,6-7H2,1H3. The van der Waals surface area contributed by atoms with Crippen LogP contribution in [0.25, 0.3) is 0 Å². The minimum absolute atomic E-state index is 0.751. The molecule has 1 atom stereocenters. The second-order valence-electron chi connectivity index (χ2n) is 3.25. The van der Waals surface area contributed by atoms with Crippen LogP contribution in [0.2, 0.25) is 0 Å². The van der Waals surface area contributed by atoms with Crippen LogP contribution < -0.4 is 5.32 Å². The summed E-state index contributed by atoms with van der Waals surface area (Å²) in [6.07, 6.45) is 1.17. The number of anilines is 1. The third-order valence-corrected chi connectivity index (χ3v) is 2.14. The molecule has 0 saturated heterocycles. The number of benzene rings is 1. The van der Waals surface area contributed by atoms with Gasteiger partial charge in [0.15, 0.2) is 0 Å². The third kappa shape index (κ3) is 1.23. The van der Waals surface area contributed by atoms with Crippen LogP contribution in [0.3, 0.4) is 0 Å². The molecular weight excluding hydrogens is 134 g/mol. The number of nitrogens with one attached hydrogen (secondary N) is 1. The summed E-state index contributed by atoms with van der Waals surface area (Å²) < 4.78 is 0. The van der Waals surface area contributed by atoms with Gasteiger partial charge in [-0.15, -0.1) is 0 Å². The van der Waals surface area contributed by atoms with Gasteiger partial charge in [0.2, 0.25) is 0 Å². The molecule has 0 amide bonds. The van der Waals surface area contributed by atoms with Gasteiger partial charge in [0.25, 0.3) is 0 Å². The van der Waals surface area contributed by atoms with Crippen molar-refractivity contribution in [3.8, 4) is 0 Å². The van der Waals surface area contributed by atoms with Crippen molar-refractivity contribution in [3.05, 3.63) is 29.8 Å². The number of hydrogen-bond donors (Lipinski definition) is 1. The van der Waals surface area contributed by atoms with Crippen molar-refractivity contribution in [2.24, 2.45) is 5.92 Å². The molecule has 0 aliphatic carbocycles. The van der Waals surface area contributed by atoms with Gasteiger partial charge < -0.3 is 5.32 Å². The molecule has 1 nitrogen and oxygen atoms in total. The van der Waals surface area contributed by atoms with E-state index < -0.39 is 0 Å². The molecule has 2 rings (SSSR count). The highest BCUT2D eigenvalue weighted by Gasteiger charge is 2.12. The van der Waals surface area contributed by atoms with Crippen molar-refractivity contribution in [2.45, 2.75) is 13.3 Å². The van der Waals surface area contributed by atoms with Gasteiger partial charge in [0.1, 0.15) is 0 Å². The molecule has 0 spiro atoms. The molecule has 1 radical (unpaired) electrons. The molecule has 57 valence electrons. The van der Waals surface area contributed by atoms with E-state index in [0.717, 1.165) is 12.5 Å². The summed E-state index contributed by atoms with van der Waals surface area (Å²) in [7, 11) is 0. The zero-order valence-electron chi connectivity index (χ0n) is 6.72.